The monoisotopic (exact) mass is 386 g/mol. The van der Waals surface area contributed by atoms with Gasteiger partial charge in [-0.15, -0.1) is 0 Å². The van der Waals surface area contributed by atoms with Crippen molar-refractivity contribution in [1.82, 2.24) is 9.88 Å². The van der Waals surface area contributed by atoms with Crippen molar-refractivity contribution >= 4 is 5.91 Å². The van der Waals surface area contributed by atoms with Crippen molar-refractivity contribution < 1.29 is 13.9 Å². The van der Waals surface area contributed by atoms with Gasteiger partial charge in [0.1, 0.15) is 5.82 Å². The first-order valence-electron chi connectivity index (χ1n) is 10.0. The van der Waals surface area contributed by atoms with Crippen LogP contribution < -0.4 is 4.74 Å². The zero-order valence-electron chi connectivity index (χ0n) is 17.3. The van der Waals surface area contributed by atoms with E-state index in [1.807, 2.05) is 43.1 Å². The third kappa shape index (κ3) is 6.04. The molecular weight excluding hydrogens is 355 g/mol. The van der Waals surface area contributed by atoms with Gasteiger partial charge in [-0.1, -0.05) is 44.4 Å². The Morgan fingerprint density at radius 2 is 1.93 bits per heavy atom. The summed E-state index contributed by atoms with van der Waals surface area (Å²) in [6.07, 6.45) is 4.97. The van der Waals surface area contributed by atoms with Gasteiger partial charge in [-0.2, -0.15) is 0 Å². The Morgan fingerprint density at radius 3 is 2.54 bits per heavy atom. The lowest BCUT2D eigenvalue weighted by Crippen LogP contribution is -2.44. The number of hydrogen-bond donors (Lipinski definition) is 0. The Bertz CT molecular complexity index is 749. The van der Waals surface area contributed by atoms with Gasteiger partial charge in [0.2, 0.25) is 5.88 Å². The normalized spacial score (nSPS) is 13.0. The van der Waals surface area contributed by atoms with Crippen LogP contribution in [-0.2, 0) is 0 Å². The highest BCUT2D eigenvalue weighted by Crippen LogP contribution is 2.24. The molecule has 2 aromatic rings. The maximum atomic E-state index is 13.1. The number of carbonyl (C=O) groups excluding carboxylic acids is 1. The fraction of sp³-hybridized carbons (Fsp3) is 0.478. The number of pyridine rings is 1. The smallest absolute Gasteiger partial charge is 0.253 e. The summed E-state index contributed by atoms with van der Waals surface area (Å²) >= 11 is 0. The Kier molecular flexibility index (Phi) is 8.42. The highest BCUT2D eigenvalue weighted by molar-refractivity contribution is 5.94. The second kappa shape index (κ2) is 10.8. The van der Waals surface area contributed by atoms with Crippen LogP contribution in [0.5, 0.6) is 5.88 Å². The lowest BCUT2D eigenvalue weighted by molar-refractivity contribution is 0.0594. The largest absolute Gasteiger partial charge is 0.477 e. The summed E-state index contributed by atoms with van der Waals surface area (Å²) in [7, 11) is 1.88. The third-order valence-corrected chi connectivity index (χ3v) is 5.02. The van der Waals surface area contributed by atoms with E-state index in [1.54, 1.807) is 0 Å². The molecule has 2 unspecified atom stereocenters. The molecule has 0 bridgehead atoms. The molecule has 0 aliphatic rings. The Labute approximate surface area is 167 Å². The van der Waals surface area contributed by atoms with E-state index in [0.717, 1.165) is 37.4 Å². The number of aryl methyl sites for hydroxylation is 1. The standard InChI is InChI=1S/C23H31FN2O2/c1-5-8-19(16-28-22-13-12-20(24)15-25-22)21(9-6-2)26(4)23(27)18-11-7-10-17(3)14-18/h7,10-15,19,21H,5-6,8-9,16H2,1-4H3. The van der Waals surface area contributed by atoms with Gasteiger partial charge in [-0.25, -0.2) is 9.37 Å². The quantitative estimate of drug-likeness (QED) is 0.559. The molecule has 0 aliphatic heterocycles. The maximum absolute atomic E-state index is 13.1. The van der Waals surface area contributed by atoms with E-state index in [0.29, 0.717) is 18.1 Å². The molecule has 28 heavy (non-hydrogen) atoms. The number of carbonyl (C=O) groups is 1. The fourth-order valence-electron chi connectivity index (χ4n) is 3.57. The predicted octanol–water partition coefficient (Wildman–Crippen LogP) is 5.27. The first kappa shape index (κ1) is 21.9. The summed E-state index contributed by atoms with van der Waals surface area (Å²) in [5.74, 6) is 0.231. The molecule has 0 aliphatic carbocycles. The van der Waals surface area contributed by atoms with E-state index in [4.69, 9.17) is 4.74 Å². The minimum absolute atomic E-state index is 0.0307. The molecule has 1 heterocycles. The van der Waals surface area contributed by atoms with E-state index in [2.05, 4.69) is 18.8 Å². The zero-order valence-corrected chi connectivity index (χ0v) is 17.3. The molecule has 2 rings (SSSR count). The van der Waals surface area contributed by atoms with E-state index >= 15 is 0 Å². The molecule has 0 fully saturated rings. The summed E-state index contributed by atoms with van der Waals surface area (Å²) in [5.41, 5.74) is 1.78. The first-order chi connectivity index (χ1) is 13.5. The average molecular weight is 387 g/mol. The van der Waals surface area contributed by atoms with E-state index in [9.17, 15) is 9.18 Å². The second-order valence-corrected chi connectivity index (χ2v) is 7.32. The number of ether oxygens (including phenoxy) is 1. The molecule has 0 N–H and O–H groups in total. The fourth-order valence-corrected chi connectivity index (χ4v) is 3.57. The van der Waals surface area contributed by atoms with E-state index < -0.39 is 0 Å². The van der Waals surface area contributed by atoms with Crippen molar-refractivity contribution in [2.75, 3.05) is 13.7 Å². The summed E-state index contributed by atoms with van der Waals surface area (Å²) < 4.78 is 18.9. The summed E-state index contributed by atoms with van der Waals surface area (Å²) in [6.45, 7) is 6.70. The Balaban J connectivity index is 2.15. The van der Waals surface area contributed by atoms with Gasteiger partial charge in [-0.3, -0.25) is 4.79 Å². The van der Waals surface area contributed by atoms with Gasteiger partial charge in [0, 0.05) is 30.6 Å². The molecule has 1 amide bonds. The molecule has 4 nitrogen and oxygen atoms in total. The molecule has 0 radical (unpaired) electrons. The van der Waals surface area contributed by atoms with E-state index in [-0.39, 0.29) is 23.7 Å². The number of hydrogen-bond acceptors (Lipinski definition) is 3. The zero-order chi connectivity index (χ0) is 20.5. The molecule has 2 atom stereocenters. The number of halogens is 1. The molecule has 0 saturated carbocycles. The first-order valence-corrected chi connectivity index (χ1v) is 10.0. The van der Waals surface area contributed by atoms with Gasteiger partial charge in [0.25, 0.3) is 5.91 Å². The van der Waals surface area contributed by atoms with Crippen LogP contribution >= 0.6 is 0 Å². The van der Waals surface area contributed by atoms with Crippen LogP contribution in [0, 0.1) is 18.7 Å². The van der Waals surface area contributed by atoms with Crippen molar-refractivity contribution in [1.29, 1.82) is 0 Å². The third-order valence-electron chi connectivity index (χ3n) is 5.02. The summed E-state index contributed by atoms with van der Waals surface area (Å²) in [4.78, 5) is 18.9. The number of rotatable bonds is 10. The predicted molar refractivity (Wildman–Crippen MR) is 110 cm³/mol. The minimum Gasteiger partial charge on any atom is -0.477 e. The minimum atomic E-state index is -0.384. The van der Waals surface area contributed by atoms with Crippen LogP contribution in [0.2, 0.25) is 0 Å². The average Bonchev–Trinajstić information content (AvgIpc) is 2.69. The van der Waals surface area contributed by atoms with Crippen LogP contribution in [-0.4, -0.2) is 35.5 Å². The van der Waals surface area contributed by atoms with E-state index in [1.165, 1.54) is 12.1 Å². The number of amides is 1. The van der Waals surface area contributed by atoms with Crippen LogP contribution in [0.15, 0.2) is 42.6 Å². The van der Waals surface area contributed by atoms with Crippen LogP contribution in [0.3, 0.4) is 0 Å². The molecule has 152 valence electrons. The van der Waals surface area contributed by atoms with Gasteiger partial charge in [0.15, 0.2) is 0 Å². The Morgan fingerprint density at radius 1 is 1.18 bits per heavy atom. The van der Waals surface area contributed by atoms with Crippen molar-refractivity contribution in [3.05, 3.63) is 59.5 Å². The molecule has 1 aromatic heterocycles. The van der Waals surface area contributed by atoms with Crippen molar-refractivity contribution in [3.63, 3.8) is 0 Å². The highest BCUT2D eigenvalue weighted by atomic mass is 19.1. The topological polar surface area (TPSA) is 42.4 Å². The lowest BCUT2D eigenvalue weighted by Gasteiger charge is -2.34. The van der Waals surface area contributed by atoms with Crippen LogP contribution in [0.25, 0.3) is 0 Å². The SMILES string of the molecule is CCCC(COc1ccc(F)cn1)C(CCC)N(C)C(=O)c1cccc(C)c1. The molecule has 0 saturated heterocycles. The Hall–Kier alpha value is -2.43. The summed E-state index contributed by atoms with van der Waals surface area (Å²) in [5, 5.41) is 0. The van der Waals surface area contributed by atoms with Crippen molar-refractivity contribution in [3.8, 4) is 5.88 Å². The number of aromatic nitrogens is 1. The molecule has 1 aromatic carbocycles. The van der Waals surface area contributed by atoms with Gasteiger partial charge in [-0.05, 0) is 38.0 Å². The lowest BCUT2D eigenvalue weighted by atomic mass is 9.90. The second-order valence-electron chi connectivity index (χ2n) is 7.32. The number of nitrogens with zero attached hydrogens (tertiary/aromatic N) is 2. The van der Waals surface area contributed by atoms with Crippen molar-refractivity contribution in [2.24, 2.45) is 5.92 Å². The van der Waals surface area contributed by atoms with Gasteiger partial charge in [0.05, 0.1) is 12.8 Å². The molecule has 0 spiro atoms. The highest BCUT2D eigenvalue weighted by Gasteiger charge is 2.28. The maximum Gasteiger partial charge on any atom is 0.253 e. The van der Waals surface area contributed by atoms with Gasteiger partial charge >= 0.3 is 0 Å². The molecule has 5 heteroatoms. The van der Waals surface area contributed by atoms with Gasteiger partial charge < -0.3 is 9.64 Å². The van der Waals surface area contributed by atoms with Crippen LogP contribution in [0.1, 0.15) is 55.5 Å². The molecular formula is C23H31FN2O2. The summed E-state index contributed by atoms with van der Waals surface area (Å²) in [6, 6.07) is 10.6. The van der Waals surface area contributed by atoms with Crippen molar-refractivity contribution in [2.45, 2.75) is 52.5 Å². The van der Waals surface area contributed by atoms with Crippen LogP contribution in [0.4, 0.5) is 4.39 Å². The number of benzene rings is 1.